The van der Waals surface area contributed by atoms with Gasteiger partial charge in [0.1, 0.15) is 6.61 Å². The van der Waals surface area contributed by atoms with Crippen LogP contribution in [0.15, 0.2) is 60.3 Å². The third-order valence-corrected chi connectivity index (χ3v) is 15.0. The van der Waals surface area contributed by atoms with Gasteiger partial charge in [-0.2, -0.15) is 0 Å². The van der Waals surface area contributed by atoms with Gasteiger partial charge < -0.3 is 19.4 Å². The van der Waals surface area contributed by atoms with Crippen LogP contribution in [0, 0.1) is 25.7 Å². The van der Waals surface area contributed by atoms with Crippen LogP contribution in [0.5, 0.6) is 0 Å². The smallest absolute Gasteiger partial charge is 0.411 e. The Morgan fingerprint density at radius 2 is 1.62 bits per heavy atom. The summed E-state index contributed by atoms with van der Waals surface area (Å²) in [5.74, 6) is -0.317. The third-order valence-electron chi connectivity index (χ3n) is 10.5. The van der Waals surface area contributed by atoms with Crippen molar-refractivity contribution in [2.45, 2.75) is 125 Å². The maximum atomic E-state index is 14.2. The molecule has 0 saturated heterocycles. The summed E-state index contributed by atoms with van der Waals surface area (Å²) in [6.45, 7) is 25.0. The molecule has 3 amide bonds. The summed E-state index contributed by atoms with van der Waals surface area (Å²) in [5.41, 5.74) is 5.21. The van der Waals surface area contributed by atoms with E-state index in [1.165, 1.54) is 0 Å². The molecule has 0 aromatic heterocycles. The molecule has 2 aromatic rings. The number of nitrogens with one attached hydrogen (secondary N) is 2. The fraction of sp³-hybridized carbons (Fsp3) is 0.524. The molecule has 10 heteroatoms. The number of nitrogens with zero attached hydrogens (tertiary/aromatic N) is 1. The molecule has 0 radical (unpaired) electrons. The number of ether oxygens (including phenoxy) is 1. The molecular formula is C42H61N3O6Si. The first-order valence-electron chi connectivity index (χ1n) is 18.5. The maximum Gasteiger partial charge on any atom is 0.411 e. The van der Waals surface area contributed by atoms with E-state index >= 15 is 0 Å². The largest absolute Gasteiger partial charge is 0.444 e. The minimum atomic E-state index is -2.05. The zero-order chi connectivity index (χ0) is 39.0. The van der Waals surface area contributed by atoms with Crippen LogP contribution in [0.2, 0.25) is 18.1 Å². The van der Waals surface area contributed by atoms with Crippen LogP contribution in [-0.4, -0.2) is 55.6 Å². The zero-order valence-corrected chi connectivity index (χ0v) is 34.4. The number of allylic oxidation sites excluding steroid dienone is 2. The van der Waals surface area contributed by atoms with Gasteiger partial charge >= 0.3 is 6.09 Å². The molecule has 9 nitrogen and oxygen atoms in total. The Bertz CT molecular complexity index is 1650. The van der Waals surface area contributed by atoms with Crippen LogP contribution in [-0.2, 0) is 31.8 Å². The van der Waals surface area contributed by atoms with Crippen molar-refractivity contribution in [3.05, 3.63) is 88.1 Å². The highest BCUT2D eigenvalue weighted by Crippen LogP contribution is 2.38. The lowest BCUT2D eigenvalue weighted by atomic mass is 9.92. The molecule has 1 aliphatic rings. The van der Waals surface area contributed by atoms with E-state index in [0.29, 0.717) is 24.3 Å². The van der Waals surface area contributed by atoms with E-state index in [2.05, 4.69) is 44.5 Å². The molecule has 0 saturated carbocycles. The van der Waals surface area contributed by atoms with Crippen LogP contribution in [0.25, 0.3) is 0 Å². The van der Waals surface area contributed by atoms with Crippen molar-refractivity contribution in [3.8, 4) is 0 Å². The molecule has 3 rings (SSSR count). The second-order valence-electron chi connectivity index (χ2n) is 16.0. The first-order valence-corrected chi connectivity index (χ1v) is 21.4. The Hall–Kier alpha value is -4.02. The Labute approximate surface area is 312 Å². The van der Waals surface area contributed by atoms with Crippen molar-refractivity contribution in [3.63, 3.8) is 0 Å². The first kappa shape index (κ1) is 42.4. The summed E-state index contributed by atoms with van der Waals surface area (Å²) in [6.07, 6.45) is 6.77. The van der Waals surface area contributed by atoms with E-state index in [1.807, 2.05) is 90.2 Å². The van der Waals surface area contributed by atoms with Crippen LogP contribution in [0.4, 0.5) is 10.5 Å². The molecule has 0 aliphatic carbocycles. The number of carbonyl (C=O) groups is 4. The number of hydrogen-bond acceptors (Lipinski definition) is 6. The second kappa shape index (κ2) is 18.1. The molecule has 2 N–H and O–H groups in total. The van der Waals surface area contributed by atoms with Gasteiger partial charge in [0.05, 0.1) is 29.9 Å². The third kappa shape index (κ3) is 11.2. The summed E-state index contributed by atoms with van der Waals surface area (Å²) in [6, 6.07) is 10.1. The minimum absolute atomic E-state index is 0.00267. The average molecular weight is 732 g/mol. The molecule has 1 aliphatic heterocycles. The Kier molecular flexibility index (Phi) is 14.8. The highest BCUT2D eigenvalue weighted by atomic mass is 28.4. The van der Waals surface area contributed by atoms with Crippen LogP contribution in [0.1, 0.15) is 101 Å². The van der Waals surface area contributed by atoms with E-state index in [9.17, 15) is 19.2 Å². The summed E-state index contributed by atoms with van der Waals surface area (Å²) >= 11 is 0. The number of benzene rings is 2. The van der Waals surface area contributed by atoms with Gasteiger partial charge in [-0.25, -0.2) is 4.79 Å². The van der Waals surface area contributed by atoms with E-state index in [0.717, 1.165) is 34.2 Å². The fourth-order valence-electron chi connectivity index (χ4n) is 5.92. The first-order chi connectivity index (χ1) is 24.3. The van der Waals surface area contributed by atoms with Crippen molar-refractivity contribution in [1.29, 1.82) is 0 Å². The number of carbonyl (C=O) groups excluding carboxylic acids is 4. The second-order valence-corrected chi connectivity index (χ2v) is 20.8. The molecule has 0 fully saturated rings. The number of aryl methyl sites for hydroxylation is 2. The lowest BCUT2D eigenvalue weighted by molar-refractivity contribution is -0.130. The van der Waals surface area contributed by atoms with Crippen LogP contribution >= 0.6 is 0 Å². The maximum absolute atomic E-state index is 14.2. The van der Waals surface area contributed by atoms with E-state index in [1.54, 1.807) is 17.9 Å². The molecule has 0 spiro atoms. The molecule has 0 bridgehead atoms. The van der Waals surface area contributed by atoms with Gasteiger partial charge in [-0.1, -0.05) is 78.0 Å². The van der Waals surface area contributed by atoms with E-state index < -0.39 is 20.5 Å². The van der Waals surface area contributed by atoms with E-state index in [-0.39, 0.29) is 53.5 Å². The summed E-state index contributed by atoms with van der Waals surface area (Å²) in [5, 5.41) is 5.72. The lowest BCUT2D eigenvalue weighted by Crippen LogP contribution is -2.45. The van der Waals surface area contributed by atoms with Gasteiger partial charge in [0.15, 0.2) is 14.1 Å². The van der Waals surface area contributed by atoms with Crippen molar-refractivity contribution < 1.29 is 28.3 Å². The van der Waals surface area contributed by atoms with Crippen molar-refractivity contribution >= 4 is 37.7 Å². The van der Waals surface area contributed by atoms with Crippen molar-refractivity contribution in [2.24, 2.45) is 11.8 Å². The molecule has 52 heavy (non-hydrogen) atoms. The van der Waals surface area contributed by atoms with Crippen molar-refractivity contribution in [2.75, 3.05) is 11.9 Å². The number of Topliss-reactive ketones (excluding diaryl/α,β-unsaturated/α-hetero) is 1. The highest BCUT2D eigenvalue weighted by molar-refractivity contribution is 6.74. The highest BCUT2D eigenvalue weighted by Gasteiger charge is 2.39. The Balaban J connectivity index is 1.68. The molecular weight excluding hydrogens is 671 g/mol. The predicted octanol–water partition coefficient (Wildman–Crippen LogP) is 9.05. The van der Waals surface area contributed by atoms with Crippen LogP contribution < -0.4 is 10.6 Å². The molecule has 3 atom stereocenters. The van der Waals surface area contributed by atoms with Gasteiger partial charge in [-0.3, -0.25) is 19.7 Å². The number of rotatable bonds is 15. The van der Waals surface area contributed by atoms with Gasteiger partial charge in [-0.05, 0) is 105 Å². The topological polar surface area (TPSA) is 114 Å². The van der Waals surface area contributed by atoms with Gasteiger partial charge in [-0.15, -0.1) is 0 Å². The minimum Gasteiger partial charge on any atom is -0.444 e. The predicted molar refractivity (Wildman–Crippen MR) is 212 cm³/mol. The quantitative estimate of drug-likeness (QED) is 0.177. The number of amides is 3. The standard InChI is InChI=1S/C42H61N3O6Si/c1-13-15-33-22-34(26-51-52(11,12)42(8,9)10)45(24-33)40(48)36-20-28(5)29(6)21-37(36)44-41(49)50-25-32-18-16-31(17-19-32)23-38(46)30(7)43-39(47)35(14-2)27(3)4/h13,15-21,24,27,30,34-35H,14,22-23,25-26H2,1-12H3,(H,43,47)(H,44,49)/b15-13+/t30-,34-,35-/m0/s1. The van der Waals surface area contributed by atoms with Crippen molar-refractivity contribution in [1.82, 2.24) is 10.2 Å². The fourth-order valence-corrected chi connectivity index (χ4v) is 6.96. The average Bonchev–Trinajstić information content (AvgIpc) is 3.47. The number of ketones is 1. The number of anilines is 1. The molecule has 284 valence electrons. The van der Waals surface area contributed by atoms with Crippen LogP contribution in [0.3, 0.4) is 0 Å². The lowest BCUT2D eigenvalue weighted by Gasteiger charge is -2.38. The molecule has 2 aromatic carbocycles. The van der Waals surface area contributed by atoms with Gasteiger partial charge in [0, 0.05) is 18.5 Å². The van der Waals surface area contributed by atoms with Gasteiger partial charge in [0.2, 0.25) is 5.91 Å². The number of hydrogen-bond donors (Lipinski definition) is 2. The van der Waals surface area contributed by atoms with E-state index in [4.69, 9.17) is 9.16 Å². The normalized spacial score (nSPS) is 16.1. The monoisotopic (exact) mass is 731 g/mol. The summed E-state index contributed by atoms with van der Waals surface area (Å²) in [7, 11) is -2.05. The summed E-state index contributed by atoms with van der Waals surface area (Å²) < 4.78 is 12.1. The molecule has 1 heterocycles. The SMILES string of the molecule is C/C=C/C1=CN(C(=O)c2cc(C)c(C)cc2NC(=O)OCc2ccc(CC(=O)[C@H](C)NC(=O)[C@@H](CC)C(C)C)cc2)[C@H](CO[Si](C)(C)C(C)(C)C)C1. The Morgan fingerprint density at radius 1 is 1.00 bits per heavy atom. The molecule has 0 unspecified atom stereocenters. The Morgan fingerprint density at radius 3 is 2.19 bits per heavy atom. The zero-order valence-electron chi connectivity index (χ0n) is 33.4. The summed E-state index contributed by atoms with van der Waals surface area (Å²) in [4.78, 5) is 54.5. The van der Waals surface area contributed by atoms with Gasteiger partial charge in [0.25, 0.3) is 5.91 Å².